The lowest BCUT2D eigenvalue weighted by Gasteiger charge is -2.15. The highest BCUT2D eigenvalue weighted by molar-refractivity contribution is 5.93. The summed E-state index contributed by atoms with van der Waals surface area (Å²) in [5, 5.41) is 0. The van der Waals surface area contributed by atoms with Crippen LogP contribution in [0.3, 0.4) is 0 Å². The normalized spacial score (nSPS) is 11.7. The number of rotatable bonds is 7. The molecule has 0 heterocycles. The molecule has 1 unspecified atom stereocenters. The number of carbonyl (C=O) groups is 1. The third kappa shape index (κ3) is 3.54. The molecule has 1 rings (SSSR count). The smallest absolute Gasteiger partial charge is 0.376 e. The second-order valence-electron chi connectivity index (χ2n) is 4.07. The second kappa shape index (κ2) is 7.59. The number of ether oxygens (including phenoxy) is 3. The maximum absolute atomic E-state index is 12.0. The molecule has 0 aliphatic heterocycles. The van der Waals surface area contributed by atoms with Crippen LogP contribution in [0.5, 0.6) is 17.2 Å². The molecule has 6 heteroatoms. The lowest BCUT2D eigenvalue weighted by atomic mass is 10.1. The van der Waals surface area contributed by atoms with Crippen LogP contribution < -0.4 is 14.2 Å². The van der Waals surface area contributed by atoms with Gasteiger partial charge in [0.2, 0.25) is 5.75 Å². The van der Waals surface area contributed by atoms with E-state index in [1.807, 2.05) is 6.92 Å². The fourth-order valence-electron chi connectivity index (χ4n) is 1.50. The van der Waals surface area contributed by atoms with E-state index in [4.69, 9.17) is 24.0 Å². The lowest BCUT2D eigenvalue weighted by Crippen LogP contribution is -2.14. The van der Waals surface area contributed by atoms with Crippen molar-refractivity contribution in [1.82, 2.24) is 0 Å². The van der Waals surface area contributed by atoms with Crippen LogP contribution in [0.4, 0.5) is 0 Å². The molecule has 20 heavy (non-hydrogen) atoms. The molecule has 6 nitrogen and oxygen atoms in total. The van der Waals surface area contributed by atoms with Gasteiger partial charge in [-0.25, -0.2) is 4.79 Å². The highest BCUT2D eigenvalue weighted by Gasteiger charge is 2.22. The zero-order valence-corrected chi connectivity index (χ0v) is 12.4. The summed E-state index contributed by atoms with van der Waals surface area (Å²) in [5.41, 5.74) is 0.202. The minimum absolute atomic E-state index is 0.176. The molecule has 0 N–H and O–H groups in total. The fraction of sp³-hybridized carbons (Fsp3) is 0.500. The zero-order valence-electron chi connectivity index (χ0n) is 12.4. The monoisotopic (exact) mass is 284 g/mol. The van der Waals surface area contributed by atoms with Gasteiger partial charge in [-0.2, -0.15) is 4.89 Å². The summed E-state index contributed by atoms with van der Waals surface area (Å²) in [4.78, 5) is 21.7. The molecule has 0 saturated heterocycles. The first-order valence-corrected chi connectivity index (χ1v) is 6.25. The number of hydrogen-bond acceptors (Lipinski definition) is 6. The third-order valence-electron chi connectivity index (χ3n) is 2.79. The van der Waals surface area contributed by atoms with Crippen LogP contribution in [0.15, 0.2) is 12.1 Å². The standard InChI is InChI=1S/C14H20O6/c1-6-9(2)19-20-14(15)10-7-8-11(16-3)13(18-5)12(10)17-4/h7-9H,6H2,1-5H3. The van der Waals surface area contributed by atoms with Crippen molar-refractivity contribution in [2.45, 2.75) is 26.4 Å². The molecule has 0 amide bonds. The molecule has 1 atom stereocenters. The van der Waals surface area contributed by atoms with Gasteiger partial charge in [-0.3, -0.25) is 4.89 Å². The van der Waals surface area contributed by atoms with E-state index in [1.54, 1.807) is 13.0 Å². The number of carbonyl (C=O) groups excluding carboxylic acids is 1. The molecule has 0 aliphatic carbocycles. The molecule has 0 radical (unpaired) electrons. The second-order valence-corrected chi connectivity index (χ2v) is 4.07. The summed E-state index contributed by atoms with van der Waals surface area (Å²) in [6.07, 6.45) is 0.557. The Bertz CT molecular complexity index is 457. The summed E-state index contributed by atoms with van der Waals surface area (Å²) in [6, 6.07) is 3.13. The van der Waals surface area contributed by atoms with Crippen LogP contribution in [0.1, 0.15) is 30.6 Å². The van der Waals surface area contributed by atoms with Gasteiger partial charge < -0.3 is 14.2 Å². The van der Waals surface area contributed by atoms with Crippen molar-refractivity contribution in [3.05, 3.63) is 17.7 Å². The Balaban J connectivity index is 3.02. The van der Waals surface area contributed by atoms with Crippen molar-refractivity contribution in [1.29, 1.82) is 0 Å². The molecule has 0 saturated carbocycles. The van der Waals surface area contributed by atoms with Gasteiger partial charge in [-0.15, -0.1) is 0 Å². The van der Waals surface area contributed by atoms with Crippen molar-refractivity contribution < 1.29 is 28.8 Å². The van der Waals surface area contributed by atoms with Crippen LogP contribution >= 0.6 is 0 Å². The van der Waals surface area contributed by atoms with Gasteiger partial charge in [0.25, 0.3) is 0 Å². The van der Waals surface area contributed by atoms with Crippen LogP contribution in [-0.4, -0.2) is 33.4 Å². The first-order valence-electron chi connectivity index (χ1n) is 6.25. The van der Waals surface area contributed by atoms with Gasteiger partial charge in [0.1, 0.15) is 11.7 Å². The van der Waals surface area contributed by atoms with Crippen molar-refractivity contribution in [3.8, 4) is 17.2 Å². The van der Waals surface area contributed by atoms with Crippen LogP contribution in [0.25, 0.3) is 0 Å². The van der Waals surface area contributed by atoms with Crippen LogP contribution in [-0.2, 0) is 9.78 Å². The highest BCUT2D eigenvalue weighted by atomic mass is 17.2. The van der Waals surface area contributed by atoms with E-state index in [0.29, 0.717) is 11.5 Å². The van der Waals surface area contributed by atoms with Gasteiger partial charge >= 0.3 is 5.97 Å². The molecule has 0 spiro atoms. The van der Waals surface area contributed by atoms with E-state index < -0.39 is 5.97 Å². The van der Waals surface area contributed by atoms with E-state index >= 15 is 0 Å². The Labute approximate surface area is 118 Å². The molecule has 1 aromatic carbocycles. The van der Waals surface area contributed by atoms with Crippen molar-refractivity contribution >= 4 is 5.97 Å². The lowest BCUT2D eigenvalue weighted by molar-refractivity contribution is -0.270. The van der Waals surface area contributed by atoms with Gasteiger partial charge in [0.05, 0.1) is 21.3 Å². The van der Waals surface area contributed by atoms with Crippen molar-refractivity contribution in [2.75, 3.05) is 21.3 Å². The zero-order chi connectivity index (χ0) is 15.1. The minimum Gasteiger partial charge on any atom is -0.493 e. The summed E-state index contributed by atoms with van der Waals surface area (Å²) in [6.45, 7) is 3.73. The predicted molar refractivity (Wildman–Crippen MR) is 72.4 cm³/mol. The maximum Gasteiger partial charge on any atom is 0.376 e. The summed E-state index contributed by atoms with van der Waals surface area (Å²) in [5.74, 6) is 0.379. The first kappa shape index (κ1) is 16.1. The van der Waals surface area contributed by atoms with Gasteiger partial charge in [-0.05, 0) is 25.5 Å². The van der Waals surface area contributed by atoms with E-state index in [2.05, 4.69) is 0 Å². The number of benzene rings is 1. The van der Waals surface area contributed by atoms with E-state index in [-0.39, 0.29) is 17.4 Å². The molecular formula is C14H20O6. The molecule has 112 valence electrons. The Morgan fingerprint density at radius 2 is 1.75 bits per heavy atom. The predicted octanol–water partition coefficient (Wildman–Crippen LogP) is 2.60. The average molecular weight is 284 g/mol. The maximum atomic E-state index is 12.0. The van der Waals surface area contributed by atoms with Crippen molar-refractivity contribution in [2.24, 2.45) is 0 Å². The fourth-order valence-corrected chi connectivity index (χ4v) is 1.50. The molecular weight excluding hydrogens is 264 g/mol. The quantitative estimate of drug-likeness (QED) is 0.566. The molecule has 0 aromatic heterocycles. The molecule has 0 bridgehead atoms. The SMILES string of the molecule is CCC(C)OOC(=O)c1ccc(OC)c(OC)c1OC. The first-order chi connectivity index (χ1) is 9.58. The van der Waals surface area contributed by atoms with Crippen LogP contribution in [0, 0.1) is 0 Å². The van der Waals surface area contributed by atoms with Crippen molar-refractivity contribution in [3.63, 3.8) is 0 Å². The van der Waals surface area contributed by atoms with Crippen LogP contribution in [0.2, 0.25) is 0 Å². The average Bonchev–Trinajstić information content (AvgIpc) is 2.50. The summed E-state index contributed by atoms with van der Waals surface area (Å²) < 4.78 is 15.5. The van der Waals surface area contributed by atoms with E-state index in [0.717, 1.165) is 6.42 Å². The van der Waals surface area contributed by atoms with E-state index in [1.165, 1.54) is 27.4 Å². The molecule has 0 fully saturated rings. The minimum atomic E-state index is -0.650. The highest BCUT2D eigenvalue weighted by Crippen LogP contribution is 2.39. The molecule has 0 aliphatic rings. The molecule has 1 aromatic rings. The Hall–Kier alpha value is -1.95. The third-order valence-corrected chi connectivity index (χ3v) is 2.79. The largest absolute Gasteiger partial charge is 0.493 e. The Morgan fingerprint density at radius 1 is 1.10 bits per heavy atom. The van der Waals surface area contributed by atoms with Gasteiger partial charge in [-0.1, -0.05) is 6.92 Å². The Kier molecular flexibility index (Phi) is 6.11. The summed E-state index contributed by atoms with van der Waals surface area (Å²) >= 11 is 0. The topological polar surface area (TPSA) is 63.2 Å². The number of methoxy groups -OCH3 is 3. The van der Waals surface area contributed by atoms with Gasteiger partial charge in [0, 0.05) is 0 Å². The Morgan fingerprint density at radius 3 is 2.25 bits per heavy atom. The van der Waals surface area contributed by atoms with E-state index in [9.17, 15) is 4.79 Å². The van der Waals surface area contributed by atoms with Gasteiger partial charge in [0.15, 0.2) is 11.5 Å². The number of hydrogen-bond donors (Lipinski definition) is 0. The summed E-state index contributed by atoms with van der Waals surface area (Å²) in [7, 11) is 4.40.